The summed E-state index contributed by atoms with van der Waals surface area (Å²) in [4.78, 5) is 0. The van der Waals surface area contributed by atoms with E-state index in [1.807, 2.05) is 0 Å². The Bertz CT molecular complexity index is 240. The number of allylic oxidation sites excluding steroid dienone is 1. The van der Waals surface area contributed by atoms with E-state index in [4.69, 9.17) is 0 Å². The molecule has 92 valence electrons. The van der Waals surface area contributed by atoms with Crippen LogP contribution in [0.4, 0.5) is 0 Å². The largest absolute Gasteiger partial charge is 0.310 e. The molecule has 0 aromatic rings. The molecule has 2 aliphatic rings. The predicted molar refractivity (Wildman–Crippen MR) is 70.5 cm³/mol. The van der Waals surface area contributed by atoms with Crippen LogP contribution >= 0.6 is 0 Å². The molecular formula is C15H27N. The van der Waals surface area contributed by atoms with Gasteiger partial charge in [0.1, 0.15) is 0 Å². The van der Waals surface area contributed by atoms with Crippen molar-refractivity contribution >= 4 is 0 Å². The molecule has 0 saturated heterocycles. The molecule has 0 aromatic heterocycles. The van der Waals surface area contributed by atoms with Crippen molar-refractivity contribution in [3.8, 4) is 0 Å². The van der Waals surface area contributed by atoms with Gasteiger partial charge in [-0.3, -0.25) is 0 Å². The van der Waals surface area contributed by atoms with E-state index in [0.717, 1.165) is 11.8 Å². The molecule has 1 saturated carbocycles. The first kappa shape index (κ1) is 12.2. The third kappa shape index (κ3) is 3.10. The number of hydrogen-bond donors (Lipinski definition) is 1. The predicted octanol–water partition coefficient (Wildman–Crippen LogP) is 3.90. The summed E-state index contributed by atoms with van der Waals surface area (Å²) in [5, 5.41) is 3.79. The first-order valence-electron chi connectivity index (χ1n) is 7.25. The quantitative estimate of drug-likeness (QED) is 0.671. The summed E-state index contributed by atoms with van der Waals surface area (Å²) in [6.45, 7) is 5.90. The van der Waals surface area contributed by atoms with Crippen molar-refractivity contribution < 1.29 is 0 Å². The second kappa shape index (κ2) is 5.86. The van der Waals surface area contributed by atoms with Crippen molar-refractivity contribution in [2.45, 2.75) is 64.8 Å². The highest BCUT2D eigenvalue weighted by Gasteiger charge is 2.34. The number of rotatable bonds is 6. The minimum absolute atomic E-state index is 0.688. The lowest BCUT2D eigenvalue weighted by Crippen LogP contribution is -2.38. The van der Waals surface area contributed by atoms with Crippen LogP contribution in [0.3, 0.4) is 0 Å². The van der Waals surface area contributed by atoms with Crippen LogP contribution in [-0.2, 0) is 0 Å². The lowest BCUT2D eigenvalue weighted by atomic mass is 9.85. The van der Waals surface area contributed by atoms with E-state index in [-0.39, 0.29) is 0 Å². The number of hydrogen-bond acceptors (Lipinski definition) is 1. The van der Waals surface area contributed by atoms with Crippen LogP contribution in [-0.4, -0.2) is 12.6 Å². The van der Waals surface area contributed by atoms with E-state index >= 15 is 0 Å². The summed E-state index contributed by atoms with van der Waals surface area (Å²) in [5.74, 6) is 1.87. The molecule has 0 bridgehead atoms. The van der Waals surface area contributed by atoms with Gasteiger partial charge in [0.2, 0.25) is 0 Å². The Morgan fingerprint density at radius 2 is 2.19 bits per heavy atom. The lowest BCUT2D eigenvalue weighted by molar-refractivity contribution is 0.366. The molecule has 2 unspecified atom stereocenters. The van der Waals surface area contributed by atoms with Crippen molar-refractivity contribution in [1.82, 2.24) is 5.32 Å². The highest BCUT2D eigenvalue weighted by atomic mass is 14.9. The average molecular weight is 221 g/mol. The summed E-state index contributed by atoms with van der Waals surface area (Å²) in [7, 11) is 0. The molecule has 1 heteroatoms. The maximum Gasteiger partial charge on any atom is 0.0307 e. The van der Waals surface area contributed by atoms with Crippen LogP contribution in [0.2, 0.25) is 0 Å². The fraction of sp³-hybridized carbons (Fsp3) is 0.867. The second-order valence-electron chi connectivity index (χ2n) is 5.65. The van der Waals surface area contributed by atoms with Crippen LogP contribution in [0, 0.1) is 11.8 Å². The van der Waals surface area contributed by atoms with Crippen LogP contribution < -0.4 is 5.32 Å². The highest BCUT2D eigenvalue weighted by molar-refractivity contribution is 5.15. The van der Waals surface area contributed by atoms with Crippen molar-refractivity contribution in [3.05, 3.63) is 11.6 Å². The highest BCUT2D eigenvalue weighted by Crippen LogP contribution is 2.40. The van der Waals surface area contributed by atoms with Gasteiger partial charge in [-0.25, -0.2) is 0 Å². The molecule has 0 radical (unpaired) electrons. The molecule has 0 aromatic carbocycles. The lowest BCUT2D eigenvalue weighted by Gasteiger charge is -2.30. The van der Waals surface area contributed by atoms with Gasteiger partial charge in [0.15, 0.2) is 0 Å². The normalized spacial score (nSPS) is 25.0. The van der Waals surface area contributed by atoms with Gasteiger partial charge >= 0.3 is 0 Å². The zero-order valence-electron chi connectivity index (χ0n) is 11.0. The molecule has 16 heavy (non-hydrogen) atoms. The Morgan fingerprint density at radius 3 is 2.75 bits per heavy atom. The smallest absolute Gasteiger partial charge is 0.0307 e. The molecule has 0 spiro atoms. The van der Waals surface area contributed by atoms with E-state index in [1.165, 1.54) is 51.5 Å². The molecule has 1 fully saturated rings. The van der Waals surface area contributed by atoms with E-state index in [0.29, 0.717) is 6.04 Å². The average Bonchev–Trinajstić information content (AvgIpc) is 3.14. The van der Waals surface area contributed by atoms with Crippen LogP contribution in [0.15, 0.2) is 11.6 Å². The van der Waals surface area contributed by atoms with Gasteiger partial charge in [-0.15, -0.1) is 0 Å². The fourth-order valence-electron chi connectivity index (χ4n) is 2.99. The SMILES string of the molecule is CCCNC(C1=CCCCC1)C(C)C1CC1. The maximum atomic E-state index is 3.79. The zero-order chi connectivity index (χ0) is 11.4. The van der Waals surface area contributed by atoms with Crippen molar-refractivity contribution in [2.24, 2.45) is 11.8 Å². The summed E-state index contributed by atoms with van der Waals surface area (Å²) in [6.07, 6.45) is 12.2. The third-order valence-electron chi connectivity index (χ3n) is 4.23. The van der Waals surface area contributed by atoms with Gasteiger partial charge < -0.3 is 5.32 Å². The summed E-state index contributed by atoms with van der Waals surface area (Å²) in [6, 6.07) is 0.688. The molecule has 1 N–H and O–H groups in total. The minimum atomic E-state index is 0.688. The van der Waals surface area contributed by atoms with E-state index in [2.05, 4.69) is 25.2 Å². The molecule has 2 atom stereocenters. The molecule has 2 rings (SSSR count). The molecule has 0 amide bonds. The summed E-state index contributed by atoms with van der Waals surface area (Å²) in [5.41, 5.74) is 1.72. The number of nitrogens with one attached hydrogen (secondary N) is 1. The van der Waals surface area contributed by atoms with Gasteiger partial charge in [-0.2, -0.15) is 0 Å². The minimum Gasteiger partial charge on any atom is -0.310 e. The van der Waals surface area contributed by atoms with Gasteiger partial charge in [-0.1, -0.05) is 25.5 Å². The van der Waals surface area contributed by atoms with Crippen molar-refractivity contribution in [2.75, 3.05) is 6.54 Å². The fourth-order valence-corrected chi connectivity index (χ4v) is 2.99. The Balaban J connectivity index is 1.97. The van der Waals surface area contributed by atoms with Crippen LogP contribution in [0.5, 0.6) is 0 Å². The molecule has 1 nitrogen and oxygen atoms in total. The van der Waals surface area contributed by atoms with Crippen LogP contribution in [0.1, 0.15) is 58.8 Å². The van der Waals surface area contributed by atoms with E-state index in [1.54, 1.807) is 5.57 Å². The first-order valence-corrected chi connectivity index (χ1v) is 7.25. The van der Waals surface area contributed by atoms with E-state index < -0.39 is 0 Å². The standard InChI is InChI=1S/C15H27N/c1-3-11-16-15(12(2)13-9-10-13)14-7-5-4-6-8-14/h7,12-13,15-16H,3-6,8-11H2,1-2H3. The van der Waals surface area contributed by atoms with Gasteiger partial charge in [0.25, 0.3) is 0 Å². The van der Waals surface area contributed by atoms with E-state index in [9.17, 15) is 0 Å². The van der Waals surface area contributed by atoms with Gasteiger partial charge in [0, 0.05) is 6.04 Å². The molecule has 0 heterocycles. The third-order valence-corrected chi connectivity index (χ3v) is 4.23. The summed E-state index contributed by atoms with van der Waals surface area (Å²) < 4.78 is 0. The molecule has 0 aliphatic heterocycles. The van der Waals surface area contributed by atoms with Crippen LogP contribution in [0.25, 0.3) is 0 Å². The Hall–Kier alpha value is -0.300. The Morgan fingerprint density at radius 1 is 1.38 bits per heavy atom. The van der Waals surface area contributed by atoms with Gasteiger partial charge in [0.05, 0.1) is 0 Å². The molecular weight excluding hydrogens is 194 g/mol. The molecule has 2 aliphatic carbocycles. The first-order chi connectivity index (χ1) is 7.83. The van der Waals surface area contributed by atoms with Gasteiger partial charge in [-0.05, 0) is 63.3 Å². The Kier molecular flexibility index (Phi) is 4.45. The van der Waals surface area contributed by atoms with Crippen molar-refractivity contribution in [3.63, 3.8) is 0 Å². The maximum absolute atomic E-state index is 3.79. The van der Waals surface area contributed by atoms with Crippen molar-refractivity contribution in [1.29, 1.82) is 0 Å². The summed E-state index contributed by atoms with van der Waals surface area (Å²) >= 11 is 0. The Labute approximate surface area is 101 Å². The topological polar surface area (TPSA) is 12.0 Å². The monoisotopic (exact) mass is 221 g/mol. The zero-order valence-corrected chi connectivity index (χ0v) is 11.0. The second-order valence-corrected chi connectivity index (χ2v) is 5.65.